The van der Waals surface area contributed by atoms with Gasteiger partial charge in [0.05, 0.1) is 17.0 Å². The number of carbonyl (C=O) groups is 1. The summed E-state index contributed by atoms with van der Waals surface area (Å²) in [7, 11) is -0.799. The zero-order valence-electron chi connectivity index (χ0n) is 22.1. The fourth-order valence-electron chi connectivity index (χ4n) is 4.79. The minimum absolute atomic E-state index is 0.109. The second kappa shape index (κ2) is 10.7. The molecule has 0 aliphatic carbocycles. The zero-order valence-corrected chi connectivity index (χ0v) is 22.9. The van der Waals surface area contributed by atoms with Crippen LogP contribution in [0.4, 0.5) is 5.69 Å². The number of hydrogen-bond acceptors (Lipinski definition) is 6. The number of aryl methyl sites for hydroxylation is 2. The summed E-state index contributed by atoms with van der Waals surface area (Å²) in [6, 6.07) is 16.5. The van der Waals surface area contributed by atoms with Crippen molar-refractivity contribution >= 4 is 52.1 Å². The van der Waals surface area contributed by atoms with Crippen LogP contribution in [0.1, 0.15) is 28.0 Å². The summed E-state index contributed by atoms with van der Waals surface area (Å²) in [5, 5.41) is 20.9. The van der Waals surface area contributed by atoms with Crippen molar-refractivity contribution in [2.24, 2.45) is 0 Å². The Kier molecular flexibility index (Phi) is 7.31. The topological polar surface area (TPSA) is 109 Å². The molecule has 2 heterocycles. The molecule has 0 radical (unpaired) electrons. The van der Waals surface area contributed by atoms with Crippen LogP contribution in [-0.4, -0.2) is 27.7 Å². The fourth-order valence-corrected chi connectivity index (χ4v) is 5.05. The summed E-state index contributed by atoms with van der Waals surface area (Å²) in [4.78, 5) is 26.8. The molecule has 0 atom stereocenters. The maximum absolute atomic E-state index is 13.9. The zero-order chi connectivity index (χ0) is 27.8. The van der Waals surface area contributed by atoms with E-state index < -0.39 is 7.05 Å². The highest BCUT2D eigenvalue weighted by molar-refractivity contribution is 6.45. The second-order valence-electron chi connectivity index (χ2n) is 9.79. The number of aromatic nitrogens is 2. The molecule has 3 N–H and O–H groups in total. The molecule has 0 unspecified atom stereocenters. The van der Waals surface area contributed by atoms with Crippen molar-refractivity contribution in [1.82, 2.24) is 15.0 Å². The summed E-state index contributed by atoms with van der Waals surface area (Å²) in [5.74, 6) is 0.140. The molecule has 0 aliphatic heterocycles. The normalized spacial score (nSPS) is 11.3. The lowest BCUT2D eigenvalue weighted by Crippen LogP contribution is -2.30. The van der Waals surface area contributed by atoms with Gasteiger partial charge in [-0.3, -0.25) is 14.2 Å². The molecule has 198 valence electrons. The maximum atomic E-state index is 13.9. The van der Waals surface area contributed by atoms with Crippen molar-refractivity contribution in [1.29, 1.82) is 0 Å². The molecule has 0 saturated carbocycles. The van der Waals surface area contributed by atoms with Gasteiger partial charge in [0.2, 0.25) is 5.91 Å². The molecule has 10 heteroatoms. The standard InChI is InChI=1S/C29H28BClN4O4/c1-16-11-20(12-17(2)18(16)3)33-25(36)14-19-7-5-8-21(13-19)35-23-10-6-9-22(31)26(23)28-27(29(35)37)24(39-34-28)15-32-30(4)38/h5-13,32,38H,14-15H2,1-4H3,(H,33,36). The number of rotatable bonds is 7. The summed E-state index contributed by atoms with van der Waals surface area (Å²) in [6.07, 6.45) is 0.131. The van der Waals surface area contributed by atoms with Crippen molar-refractivity contribution in [3.8, 4) is 5.69 Å². The van der Waals surface area contributed by atoms with Gasteiger partial charge in [0.1, 0.15) is 10.9 Å². The van der Waals surface area contributed by atoms with Crippen molar-refractivity contribution in [2.75, 3.05) is 5.32 Å². The van der Waals surface area contributed by atoms with Crippen molar-refractivity contribution < 1.29 is 14.3 Å². The summed E-state index contributed by atoms with van der Waals surface area (Å²) in [5.41, 5.74) is 6.10. The van der Waals surface area contributed by atoms with Crippen molar-refractivity contribution in [3.63, 3.8) is 0 Å². The number of nitrogens with zero attached hydrogens (tertiary/aromatic N) is 2. The highest BCUT2D eigenvalue weighted by Gasteiger charge is 2.22. The summed E-state index contributed by atoms with van der Waals surface area (Å²) < 4.78 is 7.07. The van der Waals surface area contributed by atoms with Gasteiger partial charge >= 0.3 is 7.05 Å². The lowest BCUT2D eigenvalue weighted by molar-refractivity contribution is -0.115. The van der Waals surface area contributed by atoms with Gasteiger partial charge in [0.25, 0.3) is 5.56 Å². The van der Waals surface area contributed by atoms with Crippen LogP contribution in [0, 0.1) is 20.8 Å². The predicted octanol–water partition coefficient (Wildman–Crippen LogP) is 5.09. The molecule has 8 nitrogen and oxygen atoms in total. The Labute approximate surface area is 230 Å². The fraction of sp³-hybridized carbons (Fsp3) is 0.207. The smallest absolute Gasteiger partial charge is 0.373 e. The molecule has 5 aromatic rings. The molecule has 0 saturated heterocycles. The van der Waals surface area contributed by atoms with Crippen LogP contribution in [0.3, 0.4) is 0 Å². The van der Waals surface area contributed by atoms with Crippen LogP contribution in [0.2, 0.25) is 11.8 Å². The molecule has 0 fully saturated rings. The maximum Gasteiger partial charge on any atom is 0.373 e. The Balaban J connectivity index is 1.56. The third-order valence-electron chi connectivity index (χ3n) is 6.95. The lowest BCUT2D eigenvalue weighted by Gasteiger charge is -2.14. The molecule has 2 aromatic heterocycles. The van der Waals surface area contributed by atoms with Crippen LogP contribution < -0.4 is 16.1 Å². The van der Waals surface area contributed by atoms with Gasteiger partial charge in [-0.1, -0.05) is 35.0 Å². The highest BCUT2D eigenvalue weighted by atomic mass is 35.5. The van der Waals surface area contributed by atoms with E-state index in [0.717, 1.165) is 22.4 Å². The first-order valence-corrected chi connectivity index (χ1v) is 13.0. The van der Waals surface area contributed by atoms with Gasteiger partial charge in [-0.15, -0.1) is 0 Å². The van der Waals surface area contributed by atoms with E-state index in [4.69, 9.17) is 16.1 Å². The first-order chi connectivity index (χ1) is 18.6. The minimum Gasteiger partial charge on any atom is -0.437 e. The van der Waals surface area contributed by atoms with E-state index in [-0.39, 0.29) is 29.8 Å². The average molecular weight is 543 g/mol. The van der Waals surface area contributed by atoms with Gasteiger partial charge in [-0.25, -0.2) is 0 Å². The second-order valence-corrected chi connectivity index (χ2v) is 10.2. The molecule has 3 aromatic carbocycles. The Hall–Kier alpha value is -3.92. The Bertz CT molecular complexity index is 1770. The molecule has 0 bridgehead atoms. The molecular weight excluding hydrogens is 515 g/mol. The van der Waals surface area contributed by atoms with Crippen molar-refractivity contribution in [2.45, 2.75) is 40.6 Å². The van der Waals surface area contributed by atoms with Crippen LogP contribution in [0.15, 0.2) is 63.9 Å². The first kappa shape index (κ1) is 26.7. The van der Waals surface area contributed by atoms with Crippen LogP contribution in [0.5, 0.6) is 0 Å². The lowest BCUT2D eigenvalue weighted by atomic mass is 9.89. The average Bonchev–Trinajstić information content (AvgIpc) is 3.30. The number of benzene rings is 3. The van der Waals surface area contributed by atoms with Crippen LogP contribution >= 0.6 is 11.6 Å². The molecule has 0 spiro atoms. The van der Waals surface area contributed by atoms with E-state index >= 15 is 0 Å². The number of carbonyl (C=O) groups excluding carboxylic acids is 1. The van der Waals surface area contributed by atoms with Crippen LogP contribution in [-0.2, 0) is 17.8 Å². The number of anilines is 1. The third-order valence-corrected chi connectivity index (χ3v) is 7.27. The van der Waals surface area contributed by atoms with Crippen molar-refractivity contribution in [3.05, 3.63) is 98.0 Å². The quantitative estimate of drug-likeness (QED) is 0.247. The number of nitrogens with one attached hydrogen (secondary N) is 2. The van der Waals surface area contributed by atoms with E-state index in [1.165, 1.54) is 5.56 Å². The summed E-state index contributed by atoms with van der Waals surface area (Å²) in [6.45, 7) is 7.79. The third kappa shape index (κ3) is 5.21. The molecule has 1 amide bonds. The van der Waals surface area contributed by atoms with E-state index in [2.05, 4.69) is 22.6 Å². The Morgan fingerprint density at radius 1 is 1.08 bits per heavy atom. The monoisotopic (exact) mass is 542 g/mol. The molecular formula is C29H28BClN4O4. The van der Waals surface area contributed by atoms with Gasteiger partial charge < -0.3 is 20.1 Å². The SMILES string of the molecule is CB(O)NCc1onc2c1c(=O)n(-c1cccc(CC(=O)Nc3cc(C)c(C)c(C)c3)c1)c1cccc(Cl)c21. The van der Waals surface area contributed by atoms with E-state index in [0.29, 0.717) is 32.9 Å². The predicted molar refractivity (Wildman–Crippen MR) is 156 cm³/mol. The Morgan fingerprint density at radius 2 is 1.79 bits per heavy atom. The highest BCUT2D eigenvalue weighted by Crippen LogP contribution is 2.32. The van der Waals surface area contributed by atoms with Gasteiger partial charge in [0.15, 0.2) is 5.76 Å². The number of amides is 1. The van der Waals surface area contributed by atoms with Crippen LogP contribution in [0.25, 0.3) is 27.5 Å². The molecule has 0 aliphatic rings. The molecule has 39 heavy (non-hydrogen) atoms. The number of pyridine rings is 1. The van der Waals surface area contributed by atoms with Gasteiger partial charge in [-0.05, 0) is 86.2 Å². The number of halogens is 1. The number of fused-ring (bicyclic) bond motifs is 3. The largest absolute Gasteiger partial charge is 0.437 e. The molecule has 5 rings (SSSR count). The summed E-state index contributed by atoms with van der Waals surface area (Å²) >= 11 is 6.59. The van der Waals surface area contributed by atoms with E-state index in [9.17, 15) is 14.6 Å². The number of hydrogen-bond donors (Lipinski definition) is 3. The van der Waals surface area contributed by atoms with Gasteiger partial charge in [0, 0.05) is 23.3 Å². The first-order valence-electron chi connectivity index (χ1n) is 12.6. The minimum atomic E-state index is -0.799. The van der Waals surface area contributed by atoms with E-state index in [1.807, 2.05) is 50.2 Å². The van der Waals surface area contributed by atoms with Gasteiger partial charge in [-0.2, -0.15) is 0 Å². The van der Waals surface area contributed by atoms with E-state index in [1.54, 1.807) is 29.6 Å². The Morgan fingerprint density at radius 3 is 2.51 bits per heavy atom.